The van der Waals surface area contributed by atoms with Gasteiger partial charge in [-0.25, -0.2) is 17.7 Å². The molecule has 0 saturated heterocycles. The Morgan fingerprint density at radius 3 is 2.39 bits per heavy atom. The van der Waals surface area contributed by atoms with E-state index < -0.39 is 15.9 Å². The largest absolute Gasteiger partial charge is 0.312 e. The molecule has 0 saturated carbocycles. The van der Waals surface area contributed by atoms with Crippen LogP contribution in [-0.4, -0.2) is 19.3 Å². The zero-order valence-electron chi connectivity index (χ0n) is 17.3. The van der Waals surface area contributed by atoms with Gasteiger partial charge in [0.05, 0.1) is 29.3 Å². The fourth-order valence-corrected chi connectivity index (χ4v) is 5.53. The number of hydrogen-bond donors (Lipinski definition) is 1. The minimum absolute atomic E-state index is 0.0865. The molecule has 4 aromatic rings. The quantitative estimate of drug-likeness (QED) is 0.419. The number of carbonyl (C=O) groups is 1. The van der Waals surface area contributed by atoms with Gasteiger partial charge in [-0.3, -0.25) is 4.79 Å². The second-order valence-corrected chi connectivity index (χ2v) is 9.84. The molecule has 0 bridgehead atoms. The van der Waals surface area contributed by atoms with Gasteiger partial charge in [0, 0.05) is 5.56 Å². The third-order valence-electron chi connectivity index (χ3n) is 4.70. The molecule has 0 spiro atoms. The molecule has 1 heterocycles. The molecule has 0 aliphatic rings. The van der Waals surface area contributed by atoms with E-state index in [0.717, 1.165) is 16.9 Å². The number of thiazole rings is 1. The maximum atomic E-state index is 13.4. The molecule has 9 heteroatoms. The molecule has 1 N–H and O–H groups in total. The fraction of sp³-hybridized carbons (Fsp3) is 0.0417. The number of benzene rings is 3. The normalized spacial score (nSPS) is 10.9. The van der Waals surface area contributed by atoms with E-state index in [2.05, 4.69) is 10.3 Å². The molecule has 1 amide bonds. The number of anilines is 2. The van der Waals surface area contributed by atoms with E-state index in [9.17, 15) is 13.2 Å². The highest BCUT2D eigenvalue weighted by atomic mass is 32.2. The third kappa shape index (κ3) is 5.09. The first-order chi connectivity index (χ1) is 16.0. The Labute approximate surface area is 195 Å². The number of sulfonamides is 1. The lowest BCUT2D eigenvalue weighted by atomic mass is 10.1. The van der Waals surface area contributed by atoms with Crippen LogP contribution in [-0.2, 0) is 16.6 Å². The lowest BCUT2D eigenvalue weighted by molar-refractivity contribution is 0.102. The summed E-state index contributed by atoms with van der Waals surface area (Å²) in [6.07, 6.45) is 1.42. The van der Waals surface area contributed by atoms with E-state index >= 15 is 0 Å². The highest BCUT2D eigenvalue weighted by molar-refractivity contribution is 7.93. The summed E-state index contributed by atoms with van der Waals surface area (Å²) >= 11 is 1.05. The number of nitriles is 1. The predicted molar refractivity (Wildman–Crippen MR) is 127 cm³/mol. The van der Waals surface area contributed by atoms with Gasteiger partial charge >= 0.3 is 0 Å². The first-order valence-corrected chi connectivity index (χ1v) is 12.1. The van der Waals surface area contributed by atoms with Crippen LogP contribution in [0.2, 0.25) is 0 Å². The molecule has 4 rings (SSSR count). The third-order valence-corrected chi connectivity index (χ3v) is 7.50. The van der Waals surface area contributed by atoms with Gasteiger partial charge in [0.2, 0.25) is 5.13 Å². The second kappa shape index (κ2) is 9.65. The smallest absolute Gasteiger partial charge is 0.266 e. The summed E-state index contributed by atoms with van der Waals surface area (Å²) in [5.74, 6) is -0.414. The maximum absolute atomic E-state index is 13.4. The summed E-state index contributed by atoms with van der Waals surface area (Å²) in [5.41, 5.74) is 1.49. The van der Waals surface area contributed by atoms with Crippen LogP contribution in [0.5, 0.6) is 0 Å². The summed E-state index contributed by atoms with van der Waals surface area (Å²) in [6, 6.07) is 25.7. The molecule has 0 unspecified atom stereocenters. The first-order valence-electron chi connectivity index (χ1n) is 9.86. The monoisotopic (exact) mass is 474 g/mol. The lowest BCUT2D eigenvalue weighted by Gasteiger charge is -2.21. The molecule has 0 aliphatic carbocycles. The Hall–Kier alpha value is -4.00. The van der Waals surface area contributed by atoms with Crippen molar-refractivity contribution in [1.29, 1.82) is 5.26 Å². The van der Waals surface area contributed by atoms with Gasteiger partial charge in [0.15, 0.2) is 0 Å². The van der Waals surface area contributed by atoms with Crippen molar-refractivity contribution in [2.45, 2.75) is 11.4 Å². The van der Waals surface area contributed by atoms with E-state index in [4.69, 9.17) is 5.26 Å². The molecule has 0 fully saturated rings. The molecule has 33 heavy (non-hydrogen) atoms. The molecule has 1 aromatic heterocycles. The average molecular weight is 475 g/mol. The van der Waals surface area contributed by atoms with Crippen molar-refractivity contribution in [3.8, 4) is 6.07 Å². The Bertz CT molecular complexity index is 1410. The number of nitrogens with zero attached hydrogens (tertiary/aromatic N) is 3. The molecule has 0 radical (unpaired) electrons. The molecule has 7 nitrogen and oxygen atoms in total. The van der Waals surface area contributed by atoms with E-state index in [0.29, 0.717) is 16.1 Å². The van der Waals surface area contributed by atoms with Crippen molar-refractivity contribution in [2.75, 3.05) is 9.62 Å². The highest BCUT2D eigenvalue weighted by Gasteiger charge is 2.27. The molecular formula is C24H18N4O3S2. The number of rotatable bonds is 7. The molecular weight excluding hydrogens is 456 g/mol. The zero-order chi connectivity index (χ0) is 23.3. The Balaban J connectivity index is 1.64. The summed E-state index contributed by atoms with van der Waals surface area (Å²) in [4.78, 5) is 17.0. The lowest BCUT2D eigenvalue weighted by Crippen LogP contribution is -2.30. The number of carbonyl (C=O) groups excluding carboxylic acids is 1. The predicted octanol–water partition coefficient (Wildman–Crippen LogP) is 4.66. The molecule has 0 aliphatic heterocycles. The van der Waals surface area contributed by atoms with Crippen molar-refractivity contribution >= 4 is 37.4 Å². The van der Waals surface area contributed by atoms with Gasteiger partial charge < -0.3 is 5.32 Å². The van der Waals surface area contributed by atoms with E-state index in [-0.39, 0.29) is 16.6 Å². The summed E-state index contributed by atoms with van der Waals surface area (Å²) < 4.78 is 28.1. The number of aromatic nitrogens is 1. The topological polar surface area (TPSA) is 103 Å². The highest BCUT2D eigenvalue weighted by Crippen LogP contribution is 2.32. The van der Waals surface area contributed by atoms with Crippen molar-refractivity contribution < 1.29 is 13.2 Å². The van der Waals surface area contributed by atoms with Crippen molar-refractivity contribution in [3.63, 3.8) is 0 Å². The number of amides is 1. The van der Waals surface area contributed by atoms with Crippen LogP contribution in [0.3, 0.4) is 0 Å². The van der Waals surface area contributed by atoms with Gasteiger partial charge in [-0.05, 0) is 35.9 Å². The van der Waals surface area contributed by atoms with E-state index in [1.54, 1.807) is 36.4 Å². The fourth-order valence-electron chi connectivity index (χ4n) is 3.08. The van der Waals surface area contributed by atoms with Crippen LogP contribution >= 0.6 is 11.3 Å². The van der Waals surface area contributed by atoms with Crippen molar-refractivity contribution in [3.05, 3.63) is 108 Å². The number of nitrogens with one attached hydrogen (secondary N) is 1. The Kier molecular flexibility index (Phi) is 6.49. The molecule has 0 atom stereocenters. The van der Waals surface area contributed by atoms with Crippen LogP contribution in [0.25, 0.3) is 0 Å². The van der Waals surface area contributed by atoms with Crippen LogP contribution in [0, 0.1) is 11.3 Å². The zero-order valence-corrected chi connectivity index (χ0v) is 18.9. The standard InChI is InChI=1S/C24H18N4O3S2/c25-15-19-10-7-11-20(14-19)23(29)27-22-16-26-24(32-22)28(17-18-8-3-1-4-9-18)33(30,31)21-12-5-2-6-13-21/h1-14,16H,17H2,(H,27,29). The minimum atomic E-state index is -3.90. The van der Waals surface area contributed by atoms with Crippen LogP contribution < -0.4 is 9.62 Å². The van der Waals surface area contributed by atoms with Crippen molar-refractivity contribution in [2.24, 2.45) is 0 Å². The van der Waals surface area contributed by atoms with E-state index in [1.165, 1.54) is 28.7 Å². The minimum Gasteiger partial charge on any atom is -0.312 e. The Morgan fingerprint density at radius 1 is 1.00 bits per heavy atom. The van der Waals surface area contributed by atoms with Gasteiger partial charge in [0.25, 0.3) is 15.9 Å². The average Bonchev–Trinajstić information content (AvgIpc) is 3.31. The van der Waals surface area contributed by atoms with E-state index in [1.807, 2.05) is 36.4 Å². The molecule has 3 aromatic carbocycles. The van der Waals surface area contributed by atoms with Gasteiger partial charge in [0.1, 0.15) is 5.00 Å². The van der Waals surface area contributed by atoms with Gasteiger partial charge in [-0.2, -0.15) is 5.26 Å². The SMILES string of the molecule is N#Cc1cccc(C(=O)Nc2cnc(N(Cc3ccccc3)S(=O)(=O)c3ccccc3)s2)c1. The van der Waals surface area contributed by atoms with Crippen molar-refractivity contribution in [1.82, 2.24) is 4.98 Å². The summed E-state index contributed by atoms with van der Waals surface area (Å²) in [5, 5.41) is 12.4. The van der Waals surface area contributed by atoms with Gasteiger partial charge in [-0.1, -0.05) is 65.9 Å². The maximum Gasteiger partial charge on any atom is 0.266 e. The second-order valence-electron chi connectivity index (χ2n) is 6.96. The first kappa shape index (κ1) is 22.2. The van der Waals surface area contributed by atoms with Crippen LogP contribution in [0.15, 0.2) is 96.0 Å². The summed E-state index contributed by atoms with van der Waals surface area (Å²) in [7, 11) is -3.90. The Morgan fingerprint density at radius 2 is 1.70 bits per heavy atom. The number of hydrogen-bond acceptors (Lipinski definition) is 6. The summed E-state index contributed by atoms with van der Waals surface area (Å²) in [6.45, 7) is 0.0865. The van der Waals surface area contributed by atoms with Crippen LogP contribution in [0.4, 0.5) is 10.1 Å². The van der Waals surface area contributed by atoms with Gasteiger partial charge in [-0.15, -0.1) is 0 Å². The van der Waals surface area contributed by atoms with Crippen LogP contribution in [0.1, 0.15) is 21.5 Å². The molecule has 164 valence electrons.